The minimum Gasteiger partial charge on any atom is -0.334 e. The smallest absolute Gasteiger partial charge is 0.319 e. The van der Waals surface area contributed by atoms with Gasteiger partial charge in [0.15, 0.2) is 0 Å². The van der Waals surface area contributed by atoms with Crippen LogP contribution in [0.1, 0.15) is 5.56 Å². The maximum atomic E-state index is 11.8. The number of benzene rings is 2. The summed E-state index contributed by atoms with van der Waals surface area (Å²) in [5, 5.41) is 6.85. The molecule has 2 rings (SSSR count). The van der Waals surface area contributed by atoms with Crippen molar-refractivity contribution >= 4 is 46.5 Å². The van der Waals surface area contributed by atoms with Crippen LogP contribution >= 0.6 is 34.8 Å². The first-order chi connectivity index (χ1) is 9.56. The van der Waals surface area contributed by atoms with E-state index in [2.05, 4.69) is 10.6 Å². The van der Waals surface area contributed by atoms with E-state index >= 15 is 0 Å². The molecule has 0 heterocycles. The standard InChI is InChI=1S/C14H11Cl3N2O/c15-10-5-6-13(12(17)7-10)19-14(20)18-8-9-3-1-2-4-11(9)16/h1-7H,8H2,(H2,18,19,20). The molecule has 0 aromatic heterocycles. The van der Waals surface area contributed by atoms with Crippen LogP contribution in [0.25, 0.3) is 0 Å². The van der Waals surface area contributed by atoms with Crippen LogP contribution in [0.15, 0.2) is 42.5 Å². The molecule has 0 bridgehead atoms. The number of urea groups is 1. The largest absolute Gasteiger partial charge is 0.334 e. The Morgan fingerprint density at radius 1 is 1.00 bits per heavy atom. The zero-order chi connectivity index (χ0) is 14.5. The molecular weight excluding hydrogens is 319 g/mol. The third kappa shape index (κ3) is 4.04. The molecule has 0 saturated carbocycles. The summed E-state index contributed by atoms with van der Waals surface area (Å²) < 4.78 is 0. The van der Waals surface area contributed by atoms with Crippen LogP contribution in [-0.4, -0.2) is 6.03 Å². The van der Waals surface area contributed by atoms with E-state index in [0.717, 1.165) is 5.56 Å². The number of rotatable bonds is 3. The van der Waals surface area contributed by atoms with Crippen molar-refractivity contribution in [1.82, 2.24) is 5.32 Å². The SMILES string of the molecule is O=C(NCc1ccccc1Cl)Nc1ccc(Cl)cc1Cl. The Bertz CT molecular complexity index is 632. The molecule has 2 N–H and O–H groups in total. The predicted molar refractivity (Wildman–Crippen MR) is 83.8 cm³/mol. The third-order valence-corrected chi connectivity index (χ3v) is 3.49. The van der Waals surface area contributed by atoms with Gasteiger partial charge in [-0.05, 0) is 29.8 Å². The lowest BCUT2D eigenvalue weighted by atomic mass is 10.2. The zero-order valence-corrected chi connectivity index (χ0v) is 12.6. The lowest BCUT2D eigenvalue weighted by molar-refractivity contribution is 0.251. The number of nitrogens with one attached hydrogen (secondary N) is 2. The van der Waals surface area contributed by atoms with E-state index in [9.17, 15) is 4.79 Å². The van der Waals surface area contributed by atoms with Crippen LogP contribution in [-0.2, 0) is 6.54 Å². The second kappa shape index (κ2) is 6.84. The normalized spacial score (nSPS) is 10.2. The van der Waals surface area contributed by atoms with Gasteiger partial charge in [0.25, 0.3) is 0 Å². The molecule has 3 nitrogen and oxygen atoms in total. The van der Waals surface area contributed by atoms with E-state index < -0.39 is 0 Å². The average molecular weight is 330 g/mol. The number of anilines is 1. The molecule has 20 heavy (non-hydrogen) atoms. The first-order valence-corrected chi connectivity index (χ1v) is 6.93. The molecular formula is C14H11Cl3N2O. The van der Waals surface area contributed by atoms with Crippen LogP contribution in [0.5, 0.6) is 0 Å². The number of hydrogen-bond acceptors (Lipinski definition) is 1. The van der Waals surface area contributed by atoms with Crippen LogP contribution in [0, 0.1) is 0 Å². The van der Waals surface area contributed by atoms with E-state index in [1.165, 1.54) is 0 Å². The number of halogens is 3. The van der Waals surface area contributed by atoms with Crippen LogP contribution < -0.4 is 10.6 Å². The molecule has 0 aliphatic rings. The second-order valence-electron chi connectivity index (χ2n) is 4.02. The van der Waals surface area contributed by atoms with Crippen molar-refractivity contribution in [3.05, 3.63) is 63.1 Å². The number of carbonyl (C=O) groups is 1. The summed E-state index contributed by atoms with van der Waals surface area (Å²) in [5.41, 5.74) is 1.33. The monoisotopic (exact) mass is 328 g/mol. The quantitative estimate of drug-likeness (QED) is 0.820. The minimum atomic E-state index is -0.367. The molecule has 0 spiro atoms. The van der Waals surface area contributed by atoms with Gasteiger partial charge in [-0.1, -0.05) is 53.0 Å². The van der Waals surface area contributed by atoms with Gasteiger partial charge in [0.2, 0.25) is 0 Å². The fraction of sp³-hybridized carbons (Fsp3) is 0.0714. The van der Waals surface area contributed by atoms with Crippen molar-refractivity contribution in [3.8, 4) is 0 Å². The number of amides is 2. The highest BCUT2D eigenvalue weighted by Gasteiger charge is 2.06. The van der Waals surface area contributed by atoms with E-state index in [0.29, 0.717) is 27.3 Å². The molecule has 0 saturated heterocycles. The average Bonchev–Trinajstić information content (AvgIpc) is 2.41. The number of hydrogen-bond donors (Lipinski definition) is 2. The van der Waals surface area contributed by atoms with Gasteiger partial charge < -0.3 is 10.6 Å². The van der Waals surface area contributed by atoms with Crippen molar-refractivity contribution in [2.45, 2.75) is 6.54 Å². The van der Waals surface area contributed by atoms with Gasteiger partial charge in [-0.3, -0.25) is 0 Å². The predicted octanol–water partition coefficient (Wildman–Crippen LogP) is 4.97. The summed E-state index contributed by atoms with van der Waals surface area (Å²) in [4.78, 5) is 11.8. The molecule has 6 heteroatoms. The Morgan fingerprint density at radius 3 is 2.45 bits per heavy atom. The molecule has 0 unspecified atom stereocenters. The molecule has 2 amide bonds. The Labute approximate surface area is 131 Å². The van der Waals surface area contributed by atoms with Gasteiger partial charge in [-0.25, -0.2) is 4.79 Å². The summed E-state index contributed by atoms with van der Waals surface area (Å²) in [6.07, 6.45) is 0. The van der Waals surface area contributed by atoms with Gasteiger partial charge in [0, 0.05) is 16.6 Å². The van der Waals surface area contributed by atoms with Crippen LogP contribution in [0.3, 0.4) is 0 Å². The summed E-state index contributed by atoms with van der Waals surface area (Å²) >= 11 is 17.8. The summed E-state index contributed by atoms with van der Waals surface area (Å²) in [6, 6.07) is 11.8. The Kier molecular flexibility index (Phi) is 5.12. The molecule has 2 aromatic rings. The first-order valence-electron chi connectivity index (χ1n) is 5.79. The third-order valence-electron chi connectivity index (χ3n) is 2.58. The molecule has 0 atom stereocenters. The van der Waals surface area contributed by atoms with Gasteiger partial charge in [-0.15, -0.1) is 0 Å². The highest BCUT2D eigenvalue weighted by Crippen LogP contribution is 2.25. The fourth-order valence-electron chi connectivity index (χ4n) is 1.57. The minimum absolute atomic E-state index is 0.330. The summed E-state index contributed by atoms with van der Waals surface area (Å²) in [7, 11) is 0. The highest BCUT2D eigenvalue weighted by atomic mass is 35.5. The van der Waals surface area contributed by atoms with Crippen molar-refractivity contribution in [2.75, 3.05) is 5.32 Å². The molecule has 0 radical (unpaired) electrons. The van der Waals surface area contributed by atoms with Crippen molar-refractivity contribution in [2.24, 2.45) is 0 Å². The molecule has 2 aromatic carbocycles. The topological polar surface area (TPSA) is 41.1 Å². The van der Waals surface area contributed by atoms with Crippen molar-refractivity contribution < 1.29 is 4.79 Å². The van der Waals surface area contributed by atoms with Gasteiger partial charge in [0.05, 0.1) is 10.7 Å². The Morgan fingerprint density at radius 2 is 1.75 bits per heavy atom. The lowest BCUT2D eigenvalue weighted by Crippen LogP contribution is -2.28. The molecule has 0 aliphatic carbocycles. The Hall–Kier alpha value is -1.42. The maximum absolute atomic E-state index is 11.8. The van der Waals surface area contributed by atoms with E-state index in [4.69, 9.17) is 34.8 Å². The molecule has 0 aliphatic heterocycles. The van der Waals surface area contributed by atoms with Crippen molar-refractivity contribution in [1.29, 1.82) is 0 Å². The highest BCUT2D eigenvalue weighted by molar-refractivity contribution is 6.36. The fourth-order valence-corrected chi connectivity index (χ4v) is 2.23. The molecule has 0 fully saturated rings. The van der Waals surface area contributed by atoms with Gasteiger partial charge >= 0.3 is 6.03 Å². The number of carbonyl (C=O) groups excluding carboxylic acids is 1. The van der Waals surface area contributed by atoms with E-state index in [1.54, 1.807) is 24.3 Å². The second-order valence-corrected chi connectivity index (χ2v) is 5.27. The van der Waals surface area contributed by atoms with E-state index in [1.807, 2.05) is 18.2 Å². The van der Waals surface area contributed by atoms with Crippen molar-refractivity contribution in [3.63, 3.8) is 0 Å². The maximum Gasteiger partial charge on any atom is 0.319 e. The van der Waals surface area contributed by atoms with Crippen LogP contribution in [0.2, 0.25) is 15.1 Å². The van der Waals surface area contributed by atoms with Crippen LogP contribution in [0.4, 0.5) is 10.5 Å². The first kappa shape index (κ1) is 15.0. The zero-order valence-electron chi connectivity index (χ0n) is 10.3. The van der Waals surface area contributed by atoms with Gasteiger partial charge in [0.1, 0.15) is 0 Å². The van der Waals surface area contributed by atoms with Gasteiger partial charge in [-0.2, -0.15) is 0 Å². The van der Waals surface area contributed by atoms with E-state index in [-0.39, 0.29) is 6.03 Å². The Balaban J connectivity index is 1.94. The summed E-state index contributed by atoms with van der Waals surface area (Å²) in [5.74, 6) is 0. The molecule has 104 valence electrons. The summed E-state index contributed by atoms with van der Waals surface area (Å²) in [6.45, 7) is 0.330. The lowest BCUT2D eigenvalue weighted by Gasteiger charge is -2.10.